The van der Waals surface area contributed by atoms with E-state index in [0.29, 0.717) is 13.2 Å². The highest BCUT2D eigenvalue weighted by Crippen LogP contribution is 2.32. The average molecular weight is 388 g/mol. The number of carbonyl (C=O) groups excluding carboxylic acids is 1. The summed E-state index contributed by atoms with van der Waals surface area (Å²) in [5.74, 6) is 1.34. The molecule has 3 rings (SSSR count). The van der Waals surface area contributed by atoms with Gasteiger partial charge < -0.3 is 14.8 Å². The first-order valence-corrected chi connectivity index (χ1v) is 8.55. The summed E-state index contributed by atoms with van der Waals surface area (Å²) in [7, 11) is 0. The van der Waals surface area contributed by atoms with Gasteiger partial charge in [0.1, 0.15) is 13.2 Å². The maximum Gasteiger partial charge on any atom is 0.244 e. The molecule has 1 aliphatic heterocycles. The van der Waals surface area contributed by atoms with Gasteiger partial charge >= 0.3 is 0 Å². The van der Waals surface area contributed by atoms with E-state index in [9.17, 15) is 4.79 Å². The molecule has 1 heterocycles. The van der Waals surface area contributed by atoms with Crippen molar-refractivity contribution in [3.63, 3.8) is 0 Å². The molecular formula is C19H18BrNO3. The molecule has 1 N–H and O–H groups in total. The highest BCUT2D eigenvalue weighted by Gasteiger charge is 2.15. The Morgan fingerprint density at radius 3 is 2.58 bits per heavy atom. The lowest BCUT2D eigenvalue weighted by Gasteiger charge is -2.20. The highest BCUT2D eigenvalue weighted by atomic mass is 79.9. The summed E-state index contributed by atoms with van der Waals surface area (Å²) < 4.78 is 12.1. The number of benzene rings is 2. The summed E-state index contributed by atoms with van der Waals surface area (Å²) in [5, 5.41) is 2.95. The van der Waals surface area contributed by atoms with Crippen LogP contribution in [0.15, 0.2) is 53.0 Å². The number of nitrogens with one attached hydrogen (secondary N) is 1. The fourth-order valence-corrected chi connectivity index (χ4v) is 2.68. The van der Waals surface area contributed by atoms with Gasteiger partial charge in [0.2, 0.25) is 5.91 Å². The Bertz CT molecular complexity index is 756. The van der Waals surface area contributed by atoms with Crippen molar-refractivity contribution in [2.45, 2.75) is 13.0 Å². The van der Waals surface area contributed by atoms with Crippen molar-refractivity contribution in [2.24, 2.45) is 0 Å². The summed E-state index contributed by atoms with van der Waals surface area (Å²) in [6.07, 6.45) is 3.33. The standard InChI is InChI=1S/C19H18BrNO3/c1-13(15-5-8-17-18(12-15)24-11-10-23-17)21-19(22)9-4-14-2-6-16(20)7-3-14/h2-9,12-13H,10-11H2,1H3,(H,21,22)/b9-4+. The van der Waals surface area contributed by atoms with Gasteiger partial charge in [-0.1, -0.05) is 34.1 Å². The van der Waals surface area contributed by atoms with E-state index in [2.05, 4.69) is 21.2 Å². The SMILES string of the molecule is CC(NC(=O)/C=C/c1ccc(Br)cc1)c1ccc2c(c1)OCCO2. The van der Waals surface area contributed by atoms with E-state index in [1.165, 1.54) is 6.08 Å². The van der Waals surface area contributed by atoms with Crippen LogP contribution in [0.2, 0.25) is 0 Å². The third-order valence-corrected chi connectivity index (χ3v) is 4.25. The van der Waals surface area contributed by atoms with E-state index in [0.717, 1.165) is 27.1 Å². The lowest BCUT2D eigenvalue weighted by atomic mass is 10.1. The lowest BCUT2D eigenvalue weighted by Crippen LogP contribution is -2.25. The van der Waals surface area contributed by atoms with Crippen LogP contribution in [0.4, 0.5) is 0 Å². The van der Waals surface area contributed by atoms with E-state index < -0.39 is 0 Å². The molecule has 0 aromatic heterocycles. The molecule has 0 saturated heterocycles. The molecule has 5 heteroatoms. The fraction of sp³-hybridized carbons (Fsp3) is 0.211. The molecule has 0 radical (unpaired) electrons. The van der Waals surface area contributed by atoms with Crippen LogP contribution in [0.1, 0.15) is 24.1 Å². The molecular weight excluding hydrogens is 370 g/mol. The monoisotopic (exact) mass is 387 g/mol. The summed E-state index contributed by atoms with van der Waals surface area (Å²) >= 11 is 3.39. The highest BCUT2D eigenvalue weighted by molar-refractivity contribution is 9.10. The van der Waals surface area contributed by atoms with Gasteiger partial charge in [-0.25, -0.2) is 0 Å². The Morgan fingerprint density at radius 2 is 1.83 bits per heavy atom. The van der Waals surface area contributed by atoms with Crippen molar-refractivity contribution in [1.29, 1.82) is 0 Å². The zero-order valence-electron chi connectivity index (χ0n) is 13.3. The van der Waals surface area contributed by atoms with Crippen molar-refractivity contribution in [2.75, 3.05) is 13.2 Å². The molecule has 1 atom stereocenters. The number of hydrogen-bond donors (Lipinski definition) is 1. The van der Waals surface area contributed by atoms with Crippen molar-refractivity contribution in [3.05, 3.63) is 64.1 Å². The van der Waals surface area contributed by atoms with E-state index in [1.807, 2.05) is 49.4 Å². The molecule has 0 spiro atoms. The molecule has 1 amide bonds. The molecule has 1 aliphatic rings. The third kappa shape index (κ3) is 4.17. The molecule has 0 aliphatic carbocycles. The van der Waals surface area contributed by atoms with E-state index in [1.54, 1.807) is 6.08 Å². The van der Waals surface area contributed by atoms with Gasteiger partial charge in [0, 0.05) is 10.5 Å². The van der Waals surface area contributed by atoms with Crippen LogP contribution in [0.25, 0.3) is 6.08 Å². The normalized spacial score (nSPS) is 14.4. The number of carbonyl (C=O) groups is 1. The number of halogens is 1. The van der Waals surface area contributed by atoms with Gasteiger partial charge in [-0.3, -0.25) is 4.79 Å². The van der Waals surface area contributed by atoms with Crippen LogP contribution in [0.5, 0.6) is 11.5 Å². The summed E-state index contributed by atoms with van der Waals surface area (Å²) in [6, 6.07) is 13.4. The summed E-state index contributed by atoms with van der Waals surface area (Å²) in [5.41, 5.74) is 1.95. The molecule has 1 unspecified atom stereocenters. The van der Waals surface area contributed by atoms with Gasteiger partial charge in [-0.05, 0) is 48.4 Å². The topological polar surface area (TPSA) is 47.6 Å². The van der Waals surface area contributed by atoms with Crippen LogP contribution >= 0.6 is 15.9 Å². The first-order chi connectivity index (χ1) is 11.6. The van der Waals surface area contributed by atoms with Gasteiger partial charge in [0.15, 0.2) is 11.5 Å². The Balaban J connectivity index is 1.62. The van der Waals surface area contributed by atoms with Gasteiger partial charge in [-0.2, -0.15) is 0 Å². The largest absolute Gasteiger partial charge is 0.486 e. The Morgan fingerprint density at radius 1 is 1.12 bits per heavy atom. The van der Waals surface area contributed by atoms with Crippen LogP contribution < -0.4 is 14.8 Å². The number of ether oxygens (including phenoxy) is 2. The van der Waals surface area contributed by atoms with Gasteiger partial charge in [-0.15, -0.1) is 0 Å². The van der Waals surface area contributed by atoms with Crippen LogP contribution in [0, 0.1) is 0 Å². The first-order valence-electron chi connectivity index (χ1n) is 7.75. The second kappa shape index (κ2) is 7.53. The summed E-state index contributed by atoms with van der Waals surface area (Å²) in [6.45, 7) is 3.06. The predicted molar refractivity (Wildman–Crippen MR) is 97.2 cm³/mol. The molecule has 2 aromatic carbocycles. The Hall–Kier alpha value is -2.27. The predicted octanol–water partition coefficient (Wildman–Crippen LogP) is 4.11. The molecule has 0 bridgehead atoms. The van der Waals surface area contributed by atoms with Crippen LogP contribution in [0.3, 0.4) is 0 Å². The second-order valence-corrected chi connectivity index (χ2v) is 6.43. The number of hydrogen-bond acceptors (Lipinski definition) is 3. The molecule has 0 fully saturated rings. The number of amides is 1. The molecule has 124 valence electrons. The number of rotatable bonds is 4. The maximum absolute atomic E-state index is 12.1. The minimum atomic E-state index is -0.139. The van der Waals surface area contributed by atoms with Gasteiger partial charge in [0.05, 0.1) is 6.04 Å². The molecule has 2 aromatic rings. The maximum atomic E-state index is 12.1. The second-order valence-electron chi connectivity index (χ2n) is 5.52. The van der Waals surface area contributed by atoms with Crippen molar-refractivity contribution >= 4 is 27.9 Å². The molecule has 24 heavy (non-hydrogen) atoms. The average Bonchev–Trinajstić information content (AvgIpc) is 2.61. The summed E-state index contributed by atoms with van der Waals surface area (Å²) in [4.78, 5) is 12.1. The van der Waals surface area contributed by atoms with Crippen molar-refractivity contribution < 1.29 is 14.3 Å². The van der Waals surface area contributed by atoms with E-state index >= 15 is 0 Å². The van der Waals surface area contributed by atoms with Crippen molar-refractivity contribution in [1.82, 2.24) is 5.32 Å². The molecule has 4 nitrogen and oxygen atoms in total. The van der Waals surface area contributed by atoms with Crippen LogP contribution in [-0.2, 0) is 4.79 Å². The van der Waals surface area contributed by atoms with E-state index in [-0.39, 0.29) is 11.9 Å². The molecule has 0 saturated carbocycles. The van der Waals surface area contributed by atoms with Crippen LogP contribution in [-0.4, -0.2) is 19.1 Å². The zero-order chi connectivity index (χ0) is 16.9. The zero-order valence-corrected chi connectivity index (χ0v) is 14.9. The first kappa shape index (κ1) is 16.6. The van der Waals surface area contributed by atoms with Crippen molar-refractivity contribution in [3.8, 4) is 11.5 Å². The van der Waals surface area contributed by atoms with E-state index in [4.69, 9.17) is 9.47 Å². The lowest BCUT2D eigenvalue weighted by molar-refractivity contribution is -0.117. The smallest absolute Gasteiger partial charge is 0.244 e. The van der Waals surface area contributed by atoms with Gasteiger partial charge in [0.25, 0.3) is 0 Å². The Labute approximate surface area is 149 Å². The minimum absolute atomic E-state index is 0.122. The fourth-order valence-electron chi connectivity index (χ4n) is 2.42. The minimum Gasteiger partial charge on any atom is -0.486 e. The number of fused-ring (bicyclic) bond motifs is 1. The Kier molecular flexibility index (Phi) is 5.20. The third-order valence-electron chi connectivity index (χ3n) is 3.72. The quantitative estimate of drug-likeness (QED) is 0.802.